The number of sulfonamides is 1. The highest BCUT2D eigenvalue weighted by Gasteiger charge is 2.32. The van der Waals surface area contributed by atoms with Gasteiger partial charge < -0.3 is 0 Å². The summed E-state index contributed by atoms with van der Waals surface area (Å²) in [6, 6.07) is 0. The Hall–Kier alpha value is -1.21. The lowest BCUT2D eigenvalue weighted by Gasteiger charge is -2.28. The quantitative estimate of drug-likeness (QED) is 0.793. The van der Waals surface area contributed by atoms with Crippen LogP contribution in [0.2, 0.25) is 0 Å². The van der Waals surface area contributed by atoms with Gasteiger partial charge >= 0.3 is 0 Å². The number of carbonyl (C=O) groups is 1. The van der Waals surface area contributed by atoms with Crippen LogP contribution < -0.4 is 0 Å². The Bertz CT molecular complexity index is 480. The smallest absolute Gasteiger partial charge is 0.246 e. The van der Waals surface area contributed by atoms with Crippen molar-refractivity contribution in [3.05, 3.63) is 12.4 Å². The molecule has 7 heteroatoms. The molecule has 2 rings (SSSR count). The number of carbonyl (C=O) groups excluding carboxylic acids is 1. The van der Waals surface area contributed by atoms with Crippen LogP contribution in [0.1, 0.15) is 13.3 Å². The Balaban J connectivity index is 2.23. The molecule has 0 radical (unpaired) electrons. The third-order valence-electron chi connectivity index (χ3n) is 2.75. The maximum absolute atomic E-state index is 12.1. The van der Waals surface area contributed by atoms with Gasteiger partial charge in [-0.1, -0.05) is 6.92 Å². The first-order valence-corrected chi connectivity index (χ1v) is 6.47. The standard InChI is InChI=1S/C9H13N3O3S/c1-7-6-12(3-2-9(7)13)16(14,15)8-4-10-11-5-8/h4-5,7H,2-3,6H2,1H3,(H,10,11). The van der Waals surface area contributed by atoms with Crippen LogP contribution in [-0.4, -0.2) is 41.8 Å². The number of nitrogens with one attached hydrogen (secondary N) is 1. The lowest BCUT2D eigenvalue weighted by Crippen LogP contribution is -2.42. The highest BCUT2D eigenvalue weighted by Crippen LogP contribution is 2.20. The lowest BCUT2D eigenvalue weighted by molar-refractivity contribution is -0.124. The number of rotatable bonds is 2. The van der Waals surface area contributed by atoms with Gasteiger partial charge in [0.2, 0.25) is 10.0 Å². The number of piperidine rings is 1. The highest BCUT2D eigenvalue weighted by molar-refractivity contribution is 7.89. The van der Waals surface area contributed by atoms with E-state index >= 15 is 0 Å². The van der Waals surface area contributed by atoms with Crippen LogP contribution in [0.3, 0.4) is 0 Å². The monoisotopic (exact) mass is 243 g/mol. The van der Waals surface area contributed by atoms with Gasteiger partial charge in [-0.05, 0) is 0 Å². The predicted octanol–water partition coefficient (Wildman–Crippen LogP) is 0.00930. The molecule has 1 atom stereocenters. The lowest BCUT2D eigenvalue weighted by atomic mass is 10.0. The SMILES string of the molecule is CC1CN(S(=O)(=O)c2cn[nH]c2)CCC1=O. The van der Waals surface area contributed by atoms with E-state index in [1.807, 2.05) is 0 Å². The Morgan fingerprint density at radius 3 is 2.88 bits per heavy atom. The number of hydrogen-bond donors (Lipinski definition) is 1. The Kier molecular flexibility index (Phi) is 2.81. The second-order valence-electron chi connectivity index (χ2n) is 3.91. The fourth-order valence-corrected chi connectivity index (χ4v) is 3.16. The molecule has 1 aromatic rings. The second-order valence-corrected chi connectivity index (χ2v) is 5.85. The van der Waals surface area contributed by atoms with Crippen molar-refractivity contribution in [3.63, 3.8) is 0 Å². The van der Waals surface area contributed by atoms with E-state index in [1.54, 1.807) is 6.92 Å². The number of aromatic nitrogens is 2. The van der Waals surface area contributed by atoms with E-state index in [1.165, 1.54) is 16.7 Å². The van der Waals surface area contributed by atoms with Crippen molar-refractivity contribution in [3.8, 4) is 0 Å². The van der Waals surface area contributed by atoms with Gasteiger partial charge in [0.1, 0.15) is 10.7 Å². The van der Waals surface area contributed by atoms with E-state index in [0.29, 0.717) is 0 Å². The molecule has 0 bridgehead atoms. The highest BCUT2D eigenvalue weighted by atomic mass is 32.2. The van der Waals surface area contributed by atoms with Crippen molar-refractivity contribution in [2.24, 2.45) is 5.92 Å². The van der Waals surface area contributed by atoms with Crippen LogP contribution >= 0.6 is 0 Å². The molecular weight excluding hydrogens is 230 g/mol. The molecule has 0 saturated carbocycles. The molecule has 0 aromatic carbocycles. The van der Waals surface area contributed by atoms with Crippen molar-refractivity contribution < 1.29 is 13.2 Å². The van der Waals surface area contributed by atoms with E-state index in [0.717, 1.165) is 0 Å². The van der Waals surface area contributed by atoms with E-state index in [2.05, 4.69) is 10.2 Å². The number of nitrogens with zero attached hydrogens (tertiary/aromatic N) is 2. The minimum absolute atomic E-state index is 0.124. The van der Waals surface area contributed by atoms with Gasteiger partial charge in [0, 0.05) is 31.6 Å². The van der Waals surface area contributed by atoms with Crippen LogP contribution in [0, 0.1) is 5.92 Å². The van der Waals surface area contributed by atoms with Gasteiger partial charge in [0.05, 0.1) is 6.20 Å². The molecule has 1 aromatic heterocycles. The summed E-state index contributed by atoms with van der Waals surface area (Å²) in [6.07, 6.45) is 2.91. The van der Waals surface area contributed by atoms with Crippen LogP contribution in [0.4, 0.5) is 0 Å². The molecule has 0 aliphatic carbocycles. The molecule has 1 N–H and O–H groups in total. The van der Waals surface area contributed by atoms with Gasteiger partial charge in [-0.25, -0.2) is 8.42 Å². The molecule has 1 saturated heterocycles. The summed E-state index contributed by atoms with van der Waals surface area (Å²) in [5.41, 5.74) is 0. The molecule has 2 heterocycles. The normalized spacial score (nSPS) is 23.6. The van der Waals surface area contributed by atoms with E-state index in [4.69, 9.17) is 0 Å². The summed E-state index contributed by atoms with van der Waals surface area (Å²) in [4.78, 5) is 11.5. The first-order valence-electron chi connectivity index (χ1n) is 5.03. The molecule has 1 fully saturated rings. The number of H-pyrrole nitrogens is 1. The zero-order valence-corrected chi connectivity index (χ0v) is 9.70. The van der Waals surface area contributed by atoms with Crippen LogP contribution in [0.25, 0.3) is 0 Å². The fraction of sp³-hybridized carbons (Fsp3) is 0.556. The molecule has 0 amide bonds. The Morgan fingerprint density at radius 1 is 1.56 bits per heavy atom. The third kappa shape index (κ3) is 1.88. The summed E-state index contributed by atoms with van der Waals surface area (Å²) < 4.78 is 25.4. The number of aromatic amines is 1. The molecule has 1 unspecified atom stereocenters. The maximum atomic E-state index is 12.1. The summed E-state index contributed by atoms with van der Waals surface area (Å²) in [7, 11) is -3.49. The molecular formula is C9H13N3O3S. The molecule has 6 nitrogen and oxygen atoms in total. The fourth-order valence-electron chi connectivity index (χ4n) is 1.73. The van der Waals surface area contributed by atoms with Crippen molar-refractivity contribution in [1.82, 2.24) is 14.5 Å². The van der Waals surface area contributed by atoms with Crippen LogP contribution in [0.5, 0.6) is 0 Å². The van der Waals surface area contributed by atoms with Gasteiger partial charge in [0.15, 0.2) is 0 Å². The Labute approximate surface area is 93.7 Å². The maximum Gasteiger partial charge on any atom is 0.246 e. The largest absolute Gasteiger partial charge is 0.299 e. The van der Waals surface area contributed by atoms with Crippen molar-refractivity contribution in [2.45, 2.75) is 18.2 Å². The van der Waals surface area contributed by atoms with Crippen molar-refractivity contribution in [1.29, 1.82) is 0 Å². The van der Waals surface area contributed by atoms with Gasteiger partial charge in [-0.15, -0.1) is 0 Å². The molecule has 16 heavy (non-hydrogen) atoms. The topological polar surface area (TPSA) is 83.1 Å². The minimum Gasteiger partial charge on any atom is -0.299 e. The molecule has 1 aliphatic heterocycles. The van der Waals surface area contributed by atoms with Gasteiger partial charge in [0.25, 0.3) is 0 Å². The van der Waals surface area contributed by atoms with Crippen molar-refractivity contribution >= 4 is 15.8 Å². The summed E-state index contributed by atoms with van der Waals surface area (Å²) in [5.74, 6) is -0.103. The number of Topliss-reactive ketones (excluding diaryl/α,β-unsaturated/α-hetero) is 1. The summed E-state index contributed by atoms with van der Waals surface area (Å²) >= 11 is 0. The van der Waals surface area contributed by atoms with E-state index in [9.17, 15) is 13.2 Å². The summed E-state index contributed by atoms with van der Waals surface area (Å²) in [5, 5.41) is 6.09. The van der Waals surface area contributed by atoms with Gasteiger partial charge in [-0.3, -0.25) is 9.89 Å². The number of ketones is 1. The molecule has 0 spiro atoms. The predicted molar refractivity (Wildman–Crippen MR) is 56.1 cm³/mol. The minimum atomic E-state index is -3.49. The van der Waals surface area contributed by atoms with Gasteiger partial charge in [-0.2, -0.15) is 9.40 Å². The Morgan fingerprint density at radius 2 is 2.31 bits per heavy atom. The average Bonchev–Trinajstić information content (AvgIpc) is 2.75. The first-order chi connectivity index (χ1) is 7.51. The summed E-state index contributed by atoms with van der Waals surface area (Å²) in [6.45, 7) is 2.27. The third-order valence-corrected chi connectivity index (χ3v) is 4.58. The average molecular weight is 243 g/mol. The molecule has 88 valence electrons. The zero-order valence-electron chi connectivity index (χ0n) is 8.88. The zero-order chi connectivity index (χ0) is 11.8. The first kappa shape index (κ1) is 11.3. The second kappa shape index (κ2) is 3.99. The van der Waals surface area contributed by atoms with E-state index < -0.39 is 10.0 Å². The number of hydrogen-bond acceptors (Lipinski definition) is 4. The van der Waals surface area contributed by atoms with Crippen LogP contribution in [0.15, 0.2) is 17.3 Å². The van der Waals surface area contributed by atoms with E-state index in [-0.39, 0.29) is 36.1 Å². The molecule has 1 aliphatic rings. The van der Waals surface area contributed by atoms with Crippen molar-refractivity contribution in [2.75, 3.05) is 13.1 Å². The van der Waals surface area contributed by atoms with Crippen LogP contribution in [-0.2, 0) is 14.8 Å².